The molecule has 126 valence electrons. The van der Waals surface area contributed by atoms with Crippen molar-refractivity contribution in [3.63, 3.8) is 0 Å². The van der Waals surface area contributed by atoms with Crippen LogP contribution in [0.3, 0.4) is 0 Å². The Morgan fingerprint density at radius 3 is 1.79 bits per heavy atom. The zero-order valence-corrected chi connectivity index (χ0v) is 14.6. The molecule has 1 saturated heterocycles. The van der Waals surface area contributed by atoms with E-state index >= 15 is 0 Å². The number of hydrogen-bond donors (Lipinski definition) is 1. The topological polar surface area (TPSA) is 32.7 Å². The minimum atomic E-state index is -0.893. The summed E-state index contributed by atoms with van der Waals surface area (Å²) in [7, 11) is 1.63. The Balaban J connectivity index is 1.89. The quantitative estimate of drug-likeness (QED) is 0.850. The van der Waals surface area contributed by atoms with E-state index in [0.717, 1.165) is 5.57 Å². The van der Waals surface area contributed by atoms with E-state index in [-0.39, 0.29) is 6.04 Å². The van der Waals surface area contributed by atoms with Crippen LogP contribution in [-0.2, 0) is 4.74 Å². The lowest BCUT2D eigenvalue weighted by Gasteiger charge is -2.50. The van der Waals surface area contributed by atoms with Crippen LogP contribution < -0.4 is 0 Å². The van der Waals surface area contributed by atoms with Crippen molar-refractivity contribution in [3.05, 3.63) is 83.1 Å². The van der Waals surface area contributed by atoms with Gasteiger partial charge in [-0.3, -0.25) is 4.90 Å². The Labute approximate surface area is 144 Å². The molecule has 0 radical (unpaired) electrons. The number of hydrogen-bond acceptors (Lipinski definition) is 3. The van der Waals surface area contributed by atoms with Gasteiger partial charge in [-0.2, -0.15) is 0 Å². The van der Waals surface area contributed by atoms with Crippen molar-refractivity contribution in [2.45, 2.75) is 25.5 Å². The van der Waals surface area contributed by atoms with Crippen LogP contribution in [0.5, 0.6) is 0 Å². The van der Waals surface area contributed by atoms with Crippen molar-refractivity contribution in [3.8, 4) is 0 Å². The molecule has 3 nitrogen and oxygen atoms in total. The predicted octanol–water partition coefficient (Wildman–Crippen LogP) is 3.76. The van der Waals surface area contributed by atoms with Crippen LogP contribution in [0.15, 0.2) is 72.0 Å². The summed E-state index contributed by atoms with van der Waals surface area (Å²) in [6, 6.07) is 21.0. The molecule has 1 N–H and O–H groups in total. The maximum atomic E-state index is 10.9. The van der Waals surface area contributed by atoms with Crippen molar-refractivity contribution in [1.82, 2.24) is 4.90 Å². The van der Waals surface area contributed by atoms with Crippen LogP contribution in [0.2, 0.25) is 0 Å². The number of methoxy groups -OCH3 is 1. The number of benzene rings is 2. The SMILES string of the molecule is COC(=C(C)C)C1(O)CN(C(c2ccccc2)c2ccccc2)C1. The summed E-state index contributed by atoms with van der Waals surface area (Å²) in [6.45, 7) is 5.09. The van der Waals surface area contributed by atoms with Crippen LogP contribution in [0, 0.1) is 0 Å². The molecule has 0 aliphatic carbocycles. The summed E-state index contributed by atoms with van der Waals surface area (Å²) in [6.07, 6.45) is 0. The molecular weight excluding hydrogens is 298 g/mol. The Bertz CT molecular complexity index is 660. The lowest BCUT2D eigenvalue weighted by molar-refractivity contribution is -0.110. The fraction of sp³-hybridized carbons (Fsp3) is 0.333. The first-order valence-corrected chi connectivity index (χ1v) is 8.33. The molecular formula is C21H25NO2. The summed E-state index contributed by atoms with van der Waals surface area (Å²) in [4.78, 5) is 2.30. The van der Waals surface area contributed by atoms with Gasteiger partial charge < -0.3 is 9.84 Å². The number of aliphatic hydroxyl groups is 1. The number of rotatable bonds is 5. The van der Waals surface area contributed by atoms with Crippen molar-refractivity contribution < 1.29 is 9.84 Å². The second-order valence-corrected chi connectivity index (χ2v) is 6.69. The third-order valence-electron chi connectivity index (χ3n) is 4.61. The minimum Gasteiger partial charge on any atom is -0.498 e. The predicted molar refractivity (Wildman–Crippen MR) is 96.6 cm³/mol. The fourth-order valence-electron chi connectivity index (χ4n) is 3.70. The first kappa shape index (κ1) is 16.7. The van der Waals surface area contributed by atoms with E-state index in [2.05, 4.69) is 53.4 Å². The molecule has 3 rings (SSSR count). The van der Waals surface area contributed by atoms with Crippen LogP contribution in [0.4, 0.5) is 0 Å². The van der Waals surface area contributed by atoms with Gasteiger partial charge in [-0.1, -0.05) is 60.7 Å². The molecule has 0 unspecified atom stereocenters. The third-order valence-corrected chi connectivity index (χ3v) is 4.61. The molecule has 2 aromatic carbocycles. The maximum Gasteiger partial charge on any atom is 0.146 e. The number of ether oxygens (including phenoxy) is 1. The highest BCUT2D eigenvalue weighted by molar-refractivity contribution is 5.34. The van der Waals surface area contributed by atoms with E-state index in [0.29, 0.717) is 18.8 Å². The Kier molecular flexibility index (Phi) is 4.74. The van der Waals surface area contributed by atoms with Crippen LogP contribution >= 0.6 is 0 Å². The molecule has 0 saturated carbocycles. The smallest absolute Gasteiger partial charge is 0.146 e. The first-order chi connectivity index (χ1) is 11.5. The average Bonchev–Trinajstić information content (AvgIpc) is 2.56. The highest BCUT2D eigenvalue weighted by Gasteiger charge is 2.48. The summed E-state index contributed by atoms with van der Waals surface area (Å²) < 4.78 is 5.46. The number of likely N-dealkylation sites (tertiary alicyclic amines) is 1. The highest BCUT2D eigenvalue weighted by Crippen LogP contribution is 2.39. The van der Waals surface area contributed by atoms with E-state index < -0.39 is 5.60 Å². The summed E-state index contributed by atoms with van der Waals surface area (Å²) in [5.41, 5.74) is 2.61. The van der Waals surface area contributed by atoms with E-state index in [1.807, 2.05) is 26.0 Å². The summed E-state index contributed by atoms with van der Waals surface area (Å²) in [5, 5.41) is 10.9. The standard InChI is InChI=1S/C21H25NO2/c1-16(2)20(24-3)21(23)14-22(15-21)19(17-10-6-4-7-11-17)18-12-8-5-9-13-18/h4-13,19,23H,14-15H2,1-3H3. The molecule has 1 heterocycles. The highest BCUT2D eigenvalue weighted by atomic mass is 16.5. The zero-order valence-electron chi connectivity index (χ0n) is 14.6. The Morgan fingerprint density at radius 1 is 0.958 bits per heavy atom. The van der Waals surface area contributed by atoms with Crippen molar-refractivity contribution in [2.24, 2.45) is 0 Å². The molecule has 24 heavy (non-hydrogen) atoms. The van der Waals surface area contributed by atoms with Crippen LogP contribution in [-0.4, -0.2) is 35.8 Å². The van der Waals surface area contributed by atoms with Gasteiger partial charge in [-0.05, 0) is 30.5 Å². The molecule has 0 atom stereocenters. The van der Waals surface area contributed by atoms with Gasteiger partial charge in [0.05, 0.1) is 13.2 Å². The van der Waals surface area contributed by atoms with Gasteiger partial charge in [0.1, 0.15) is 11.4 Å². The number of nitrogens with zero attached hydrogens (tertiary/aromatic N) is 1. The maximum absolute atomic E-state index is 10.9. The second-order valence-electron chi connectivity index (χ2n) is 6.69. The molecule has 0 spiro atoms. The molecule has 1 aliphatic rings. The second kappa shape index (κ2) is 6.80. The Hall–Kier alpha value is -2.10. The lowest BCUT2D eigenvalue weighted by Crippen LogP contribution is -2.64. The monoisotopic (exact) mass is 323 g/mol. The van der Waals surface area contributed by atoms with Gasteiger partial charge in [0.25, 0.3) is 0 Å². The summed E-state index contributed by atoms with van der Waals surface area (Å²) in [5.74, 6) is 0.693. The number of β-amino-alcohol motifs (C(OH)–C–C–N with tert-alkyl or cyclic N) is 1. The van der Waals surface area contributed by atoms with Gasteiger partial charge in [0.15, 0.2) is 0 Å². The van der Waals surface area contributed by atoms with E-state index in [1.165, 1.54) is 11.1 Å². The largest absolute Gasteiger partial charge is 0.498 e. The van der Waals surface area contributed by atoms with Crippen molar-refractivity contribution in [2.75, 3.05) is 20.2 Å². The molecule has 0 amide bonds. The molecule has 3 heteroatoms. The first-order valence-electron chi connectivity index (χ1n) is 8.33. The van der Waals surface area contributed by atoms with E-state index in [9.17, 15) is 5.11 Å². The van der Waals surface area contributed by atoms with Gasteiger partial charge in [-0.25, -0.2) is 0 Å². The zero-order chi connectivity index (χ0) is 17.2. The fourth-order valence-corrected chi connectivity index (χ4v) is 3.70. The van der Waals surface area contributed by atoms with Gasteiger partial charge in [0.2, 0.25) is 0 Å². The van der Waals surface area contributed by atoms with E-state index in [4.69, 9.17) is 4.74 Å². The van der Waals surface area contributed by atoms with E-state index in [1.54, 1.807) is 7.11 Å². The number of allylic oxidation sites excluding steroid dienone is 1. The third kappa shape index (κ3) is 3.10. The average molecular weight is 323 g/mol. The van der Waals surface area contributed by atoms with Crippen LogP contribution in [0.25, 0.3) is 0 Å². The minimum absolute atomic E-state index is 0.142. The molecule has 2 aromatic rings. The summed E-state index contributed by atoms with van der Waals surface area (Å²) >= 11 is 0. The molecule has 1 fully saturated rings. The van der Waals surface area contributed by atoms with Crippen molar-refractivity contribution >= 4 is 0 Å². The van der Waals surface area contributed by atoms with Gasteiger partial charge in [0, 0.05) is 13.1 Å². The molecule has 1 aliphatic heterocycles. The lowest BCUT2D eigenvalue weighted by atomic mass is 9.85. The van der Waals surface area contributed by atoms with Crippen LogP contribution in [0.1, 0.15) is 31.0 Å². The van der Waals surface area contributed by atoms with Crippen molar-refractivity contribution in [1.29, 1.82) is 0 Å². The normalized spacial score (nSPS) is 16.5. The molecule has 0 aromatic heterocycles. The van der Waals surface area contributed by atoms with Gasteiger partial charge in [-0.15, -0.1) is 0 Å². The molecule has 0 bridgehead atoms. The Morgan fingerprint density at radius 2 is 1.42 bits per heavy atom. The van der Waals surface area contributed by atoms with Gasteiger partial charge >= 0.3 is 0 Å².